The quantitative estimate of drug-likeness (QED) is 0.290. The molecule has 3 N–H and O–H groups in total. The Hall–Kier alpha value is -3.95. The Balaban J connectivity index is 1.78. The number of carbonyl (C=O) groups excluding carboxylic acids is 2. The lowest BCUT2D eigenvalue weighted by Crippen LogP contribution is -2.34. The number of rotatable bonds is 6. The van der Waals surface area contributed by atoms with Gasteiger partial charge in [-0.05, 0) is 5.56 Å². The standard InChI is InChI=1S/C19H18N4O6/c1-29-15-8-13(23(27)28)7-12(17(15)24)9-21-22-19(26)16-14(10-20-18(16)25)11-5-3-2-4-6-11/h2-9,14,16,24H,10H2,1H3,(H,20,25)(H,22,26)/t14-,16+/m1/s1. The second-order valence-corrected chi connectivity index (χ2v) is 6.32. The molecule has 1 aliphatic rings. The molecule has 0 aliphatic carbocycles. The van der Waals surface area contributed by atoms with Gasteiger partial charge in [-0.2, -0.15) is 5.10 Å². The fourth-order valence-electron chi connectivity index (χ4n) is 3.14. The summed E-state index contributed by atoms with van der Waals surface area (Å²) >= 11 is 0. The van der Waals surface area contributed by atoms with Crippen molar-refractivity contribution in [2.45, 2.75) is 5.92 Å². The Labute approximate surface area is 165 Å². The summed E-state index contributed by atoms with van der Waals surface area (Å²) in [5, 5.41) is 27.5. The summed E-state index contributed by atoms with van der Waals surface area (Å²) in [6.45, 7) is 0.327. The molecule has 10 heteroatoms. The fourth-order valence-corrected chi connectivity index (χ4v) is 3.14. The topological polar surface area (TPSA) is 143 Å². The van der Waals surface area contributed by atoms with E-state index in [1.165, 1.54) is 7.11 Å². The Morgan fingerprint density at radius 3 is 2.76 bits per heavy atom. The molecule has 0 saturated carbocycles. The number of nitro groups is 1. The van der Waals surface area contributed by atoms with Gasteiger partial charge in [-0.1, -0.05) is 30.3 Å². The van der Waals surface area contributed by atoms with Gasteiger partial charge in [0.2, 0.25) is 5.91 Å². The van der Waals surface area contributed by atoms with Crippen molar-refractivity contribution in [2.24, 2.45) is 11.0 Å². The molecule has 2 atom stereocenters. The minimum atomic E-state index is -0.970. The number of nitrogens with zero attached hydrogens (tertiary/aromatic N) is 2. The third-order valence-corrected chi connectivity index (χ3v) is 4.59. The van der Waals surface area contributed by atoms with Crippen LogP contribution in [0.3, 0.4) is 0 Å². The summed E-state index contributed by atoms with van der Waals surface area (Å²) < 4.78 is 4.91. The van der Waals surface area contributed by atoms with E-state index < -0.39 is 22.7 Å². The van der Waals surface area contributed by atoms with Crippen LogP contribution >= 0.6 is 0 Å². The number of carbonyl (C=O) groups is 2. The highest BCUT2D eigenvalue weighted by Gasteiger charge is 2.40. The van der Waals surface area contributed by atoms with Gasteiger partial charge >= 0.3 is 0 Å². The molecular formula is C19H18N4O6. The number of hydrazone groups is 1. The van der Waals surface area contributed by atoms with Crippen LogP contribution < -0.4 is 15.5 Å². The number of hydrogen-bond donors (Lipinski definition) is 3. The van der Waals surface area contributed by atoms with Gasteiger partial charge in [0.15, 0.2) is 11.5 Å². The average molecular weight is 398 g/mol. The first kappa shape index (κ1) is 19.8. The summed E-state index contributed by atoms with van der Waals surface area (Å²) in [4.78, 5) is 35.0. The Bertz CT molecular complexity index is 976. The van der Waals surface area contributed by atoms with E-state index in [-0.39, 0.29) is 28.7 Å². The molecule has 1 aliphatic heterocycles. The molecule has 2 aromatic rings. The van der Waals surface area contributed by atoms with Crippen LogP contribution in [-0.4, -0.2) is 41.7 Å². The van der Waals surface area contributed by atoms with Crippen molar-refractivity contribution >= 4 is 23.7 Å². The lowest BCUT2D eigenvalue weighted by Gasteiger charge is -2.15. The maximum absolute atomic E-state index is 12.5. The molecule has 0 radical (unpaired) electrons. The van der Waals surface area contributed by atoms with Crippen LogP contribution in [-0.2, 0) is 9.59 Å². The van der Waals surface area contributed by atoms with Crippen molar-refractivity contribution < 1.29 is 24.4 Å². The van der Waals surface area contributed by atoms with E-state index in [1.54, 1.807) is 0 Å². The first-order valence-corrected chi connectivity index (χ1v) is 8.63. The van der Waals surface area contributed by atoms with Crippen LogP contribution in [0.15, 0.2) is 47.6 Å². The number of phenolic OH excluding ortho intramolecular Hbond substituents is 1. The van der Waals surface area contributed by atoms with Crippen LogP contribution in [0.25, 0.3) is 0 Å². The second kappa shape index (κ2) is 8.38. The molecule has 2 aromatic carbocycles. The van der Waals surface area contributed by atoms with Gasteiger partial charge in [0.1, 0.15) is 5.92 Å². The van der Waals surface area contributed by atoms with Crippen LogP contribution in [0.2, 0.25) is 0 Å². The van der Waals surface area contributed by atoms with E-state index in [0.29, 0.717) is 6.54 Å². The normalized spacial score (nSPS) is 18.4. The molecule has 0 aromatic heterocycles. The van der Waals surface area contributed by atoms with Crippen LogP contribution in [0, 0.1) is 16.0 Å². The molecule has 150 valence electrons. The zero-order chi connectivity index (χ0) is 21.0. The van der Waals surface area contributed by atoms with Crippen molar-refractivity contribution in [3.63, 3.8) is 0 Å². The number of ether oxygens (including phenoxy) is 1. The van der Waals surface area contributed by atoms with Crippen molar-refractivity contribution in [1.29, 1.82) is 0 Å². The van der Waals surface area contributed by atoms with Crippen molar-refractivity contribution in [2.75, 3.05) is 13.7 Å². The number of benzene rings is 2. The monoisotopic (exact) mass is 398 g/mol. The third kappa shape index (κ3) is 4.15. The van der Waals surface area contributed by atoms with Gasteiger partial charge in [-0.25, -0.2) is 5.43 Å². The number of amides is 2. The number of hydrogen-bond acceptors (Lipinski definition) is 7. The largest absolute Gasteiger partial charge is 0.504 e. The maximum atomic E-state index is 12.5. The van der Waals surface area contributed by atoms with Gasteiger partial charge < -0.3 is 15.2 Å². The summed E-state index contributed by atoms with van der Waals surface area (Å²) in [7, 11) is 1.25. The predicted octanol–water partition coefficient (Wildman–Crippen LogP) is 1.29. The van der Waals surface area contributed by atoms with Gasteiger partial charge in [-0.3, -0.25) is 19.7 Å². The van der Waals surface area contributed by atoms with E-state index in [0.717, 1.165) is 23.9 Å². The van der Waals surface area contributed by atoms with Crippen molar-refractivity contribution in [1.82, 2.24) is 10.7 Å². The summed E-state index contributed by atoms with van der Waals surface area (Å²) in [6, 6.07) is 11.3. The summed E-state index contributed by atoms with van der Waals surface area (Å²) in [6.07, 6.45) is 1.05. The van der Waals surface area contributed by atoms with Crippen molar-refractivity contribution in [3.05, 3.63) is 63.7 Å². The van der Waals surface area contributed by atoms with E-state index in [1.807, 2.05) is 30.3 Å². The van der Waals surface area contributed by atoms with Crippen LogP contribution in [0.1, 0.15) is 17.0 Å². The average Bonchev–Trinajstić information content (AvgIpc) is 3.11. The zero-order valence-corrected chi connectivity index (χ0v) is 15.4. The number of phenols is 1. The van der Waals surface area contributed by atoms with Gasteiger partial charge in [0.05, 0.1) is 24.3 Å². The zero-order valence-electron chi connectivity index (χ0n) is 15.4. The smallest absolute Gasteiger partial charge is 0.274 e. The number of nitro benzene ring substituents is 1. The lowest BCUT2D eigenvalue weighted by molar-refractivity contribution is -0.385. The maximum Gasteiger partial charge on any atom is 0.274 e. The molecule has 1 heterocycles. The molecular weight excluding hydrogens is 380 g/mol. The SMILES string of the molecule is COc1cc([N+](=O)[O-])cc(C=NNC(=O)[C@@H]2C(=O)NC[C@@H]2c2ccccc2)c1O. The molecule has 10 nitrogen and oxygen atoms in total. The molecule has 0 unspecified atom stereocenters. The van der Waals surface area contributed by atoms with Crippen LogP contribution in [0.5, 0.6) is 11.5 Å². The molecule has 3 rings (SSSR count). The highest BCUT2D eigenvalue weighted by molar-refractivity contribution is 6.03. The summed E-state index contributed by atoms with van der Waals surface area (Å²) in [5.41, 5.74) is 2.77. The molecule has 0 bridgehead atoms. The third-order valence-electron chi connectivity index (χ3n) is 4.59. The second-order valence-electron chi connectivity index (χ2n) is 6.32. The Morgan fingerprint density at radius 2 is 2.10 bits per heavy atom. The molecule has 0 spiro atoms. The Kier molecular flexibility index (Phi) is 5.72. The number of non-ortho nitro benzene ring substituents is 1. The number of nitrogens with one attached hydrogen (secondary N) is 2. The van der Waals surface area contributed by atoms with Crippen LogP contribution in [0.4, 0.5) is 5.69 Å². The highest BCUT2D eigenvalue weighted by Crippen LogP contribution is 2.33. The highest BCUT2D eigenvalue weighted by atomic mass is 16.6. The van der Waals surface area contributed by atoms with Gasteiger partial charge in [0.25, 0.3) is 11.6 Å². The van der Waals surface area contributed by atoms with E-state index in [2.05, 4.69) is 15.8 Å². The molecule has 2 amide bonds. The van der Waals surface area contributed by atoms with Gasteiger partial charge in [0, 0.05) is 24.1 Å². The fraction of sp³-hybridized carbons (Fsp3) is 0.211. The number of aromatic hydroxyl groups is 1. The first-order chi connectivity index (χ1) is 13.9. The van der Waals surface area contributed by atoms with E-state index in [9.17, 15) is 24.8 Å². The molecule has 1 fully saturated rings. The minimum absolute atomic E-state index is 0.0215. The van der Waals surface area contributed by atoms with Crippen molar-refractivity contribution in [3.8, 4) is 11.5 Å². The number of methoxy groups -OCH3 is 1. The first-order valence-electron chi connectivity index (χ1n) is 8.63. The van der Waals surface area contributed by atoms with E-state index in [4.69, 9.17) is 4.74 Å². The van der Waals surface area contributed by atoms with Gasteiger partial charge in [-0.15, -0.1) is 0 Å². The molecule has 29 heavy (non-hydrogen) atoms. The molecule has 1 saturated heterocycles. The summed E-state index contributed by atoms with van der Waals surface area (Å²) in [5.74, 6) is -2.82. The minimum Gasteiger partial charge on any atom is -0.504 e. The predicted molar refractivity (Wildman–Crippen MR) is 103 cm³/mol. The Morgan fingerprint density at radius 1 is 1.38 bits per heavy atom. The van der Waals surface area contributed by atoms with E-state index >= 15 is 0 Å². The lowest BCUT2D eigenvalue weighted by atomic mass is 9.88.